The van der Waals surface area contributed by atoms with Crippen LogP contribution in [-0.4, -0.2) is 53.7 Å². The summed E-state index contributed by atoms with van der Waals surface area (Å²) < 4.78 is 27.6. The summed E-state index contributed by atoms with van der Waals surface area (Å²) in [6.07, 6.45) is 5.53. The van der Waals surface area contributed by atoms with Gasteiger partial charge < -0.3 is 19.8 Å². The van der Waals surface area contributed by atoms with Crippen LogP contribution in [0.15, 0.2) is 10.6 Å². The van der Waals surface area contributed by atoms with E-state index in [4.69, 9.17) is 9.15 Å². The Hall–Kier alpha value is -2.19. The average Bonchev–Trinajstić information content (AvgIpc) is 3.36. The van der Waals surface area contributed by atoms with Crippen molar-refractivity contribution in [1.82, 2.24) is 20.4 Å². The third kappa shape index (κ3) is 3.04. The van der Waals surface area contributed by atoms with Gasteiger partial charge in [-0.2, -0.15) is 5.10 Å². The molecule has 2 fully saturated rings. The summed E-state index contributed by atoms with van der Waals surface area (Å²) in [6, 6.07) is 0. The van der Waals surface area contributed by atoms with Crippen molar-refractivity contribution < 1.29 is 18.3 Å². The van der Waals surface area contributed by atoms with Gasteiger partial charge in [0.1, 0.15) is 5.76 Å². The van der Waals surface area contributed by atoms with Crippen LogP contribution >= 0.6 is 0 Å². The Morgan fingerprint density at radius 1 is 1.46 bits per heavy atom. The topological polar surface area (TPSA) is 81.3 Å². The number of hydrogen-bond acceptors (Lipinski definition) is 5. The molecule has 0 spiro atoms. The number of carbonyl (C=O) groups is 1. The van der Waals surface area contributed by atoms with E-state index in [1.165, 1.54) is 0 Å². The summed E-state index contributed by atoms with van der Waals surface area (Å²) in [5.74, 6) is 0.917. The SMILES string of the molecule is Cc1c(C(=O)NC[C@@H]2CCCO2)oc2c1-c1nn(CC3(F)CNC3)cc1CC2. The lowest BCUT2D eigenvalue weighted by atomic mass is 9.93. The number of halogens is 1. The minimum absolute atomic E-state index is 0.0881. The number of carbonyl (C=O) groups excluding carboxylic acids is 1. The average molecular weight is 388 g/mol. The molecular weight excluding hydrogens is 363 g/mol. The van der Waals surface area contributed by atoms with Gasteiger partial charge in [0, 0.05) is 50.0 Å². The van der Waals surface area contributed by atoms with Crippen LogP contribution < -0.4 is 10.6 Å². The van der Waals surface area contributed by atoms with E-state index in [-0.39, 0.29) is 18.6 Å². The molecule has 5 rings (SSSR count). The number of hydrogen-bond donors (Lipinski definition) is 2. The lowest BCUT2D eigenvalue weighted by Crippen LogP contribution is -2.58. The molecule has 150 valence electrons. The number of rotatable bonds is 5. The Bertz CT molecular complexity index is 909. The Kier molecular flexibility index (Phi) is 4.28. The first-order valence-electron chi connectivity index (χ1n) is 10.0. The molecule has 2 aromatic rings. The van der Waals surface area contributed by atoms with Crippen molar-refractivity contribution in [1.29, 1.82) is 0 Å². The van der Waals surface area contributed by atoms with Gasteiger partial charge in [0.15, 0.2) is 11.4 Å². The van der Waals surface area contributed by atoms with Crippen LogP contribution in [0.2, 0.25) is 0 Å². The third-order valence-corrected chi connectivity index (χ3v) is 5.96. The van der Waals surface area contributed by atoms with E-state index in [2.05, 4.69) is 15.7 Å². The summed E-state index contributed by atoms with van der Waals surface area (Å²) in [4.78, 5) is 12.6. The van der Waals surface area contributed by atoms with Crippen molar-refractivity contribution in [3.8, 4) is 11.3 Å². The lowest BCUT2D eigenvalue weighted by molar-refractivity contribution is 0.0662. The number of alkyl halides is 1. The molecule has 0 bridgehead atoms. The Morgan fingerprint density at radius 2 is 2.32 bits per heavy atom. The van der Waals surface area contributed by atoms with E-state index < -0.39 is 5.67 Å². The molecule has 0 aromatic carbocycles. The zero-order chi connectivity index (χ0) is 19.3. The fourth-order valence-corrected chi connectivity index (χ4v) is 4.35. The molecule has 0 unspecified atom stereocenters. The highest BCUT2D eigenvalue weighted by Gasteiger charge is 2.38. The van der Waals surface area contributed by atoms with Gasteiger partial charge in [-0.15, -0.1) is 0 Å². The highest BCUT2D eigenvalue weighted by atomic mass is 19.1. The maximum Gasteiger partial charge on any atom is 0.287 e. The van der Waals surface area contributed by atoms with Crippen LogP contribution in [0.1, 0.15) is 40.3 Å². The van der Waals surface area contributed by atoms with Gasteiger partial charge in [-0.05, 0) is 31.7 Å². The maximum atomic E-state index is 14.4. The molecule has 1 amide bonds. The molecule has 0 saturated carbocycles. The van der Waals surface area contributed by atoms with E-state index in [0.29, 0.717) is 25.4 Å². The van der Waals surface area contributed by atoms with Crippen LogP contribution in [0, 0.1) is 6.92 Å². The number of furan rings is 1. The fourth-order valence-electron chi connectivity index (χ4n) is 4.35. The number of amides is 1. The van der Waals surface area contributed by atoms with Crippen LogP contribution in [0.25, 0.3) is 11.3 Å². The number of ether oxygens (including phenoxy) is 1. The van der Waals surface area contributed by atoms with Crippen LogP contribution in [-0.2, 0) is 24.1 Å². The van der Waals surface area contributed by atoms with E-state index >= 15 is 0 Å². The number of nitrogens with zero attached hydrogens (tertiary/aromatic N) is 2. The van der Waals surface area contributed by atoms with Gasteiger partial charge in [0.2, 0.25) is 0 Å². The zero-order valence-corrected chi connectivity index (χ0v) is 16.0. The van der Waals surface area contributed by atoms with Crippen LogP contribution in [0.5, 0.6) is 0 Å². The molecule has 4 heterocycles. The maximum absolute atomic E-state index is 14.4. The molecule has 2 N–H and O–H groups in total. The first-order valence-corrected chi connectivity index (χ1v) is 10.0. The summed E-state index contributed by atoms with van der Waals surface area (Å²) in [5.41, 5.74) is 2.36. The molecule has 2 saturated heterocycles. The normalized spacial score (nSPS) is 22.4. The molecule has 7 nitrogen and oxygen atoms in total. The molecular formula is C20H25FN4O3. The summed E-state index contributed by atoms with van der Waals surface area (Å²) in [6.45, 7) is 4.12. The number of nitrogens with one attached hydrogen (secondary N) is 2. The van der Waals surface area contributed by atoms with E-state index in [1.54, 1.807) is 4.68 Å². The second kappa shape index (κ2) is 6.70. The number of aryl methyl sites for hydroxylation is 2. The third-order valence-electron chi connectivity index (χ3n) is 5.96. The largest absolute Gasteiger partial charge is 0.455 e. The minimum Gasteiger partial charge on any atom is -0.455 e. The molecule has 1 atom stereocenters. The summed E-state index contributed by atoms with van der Waals surface area (Å²) in [5, 5.41) is 10.5. The predicted molar refractivity (Wildman–Crippen MR) is 100 cm³/mol. The molecule has 1 aliphatic carbocycles. The van der Waals surface area contributed by atoms with Gasteiger partial charge in [0.25, 0.3) is 5.91 Å². The van der Waals surface area contributed by atoms with Gasteiger partial charge >= 0.3 is 0 Å². The van der Waals surface area contributed by atoms with Crippen molar-refractivity contribution in [2.75, 3.05) is 26.2 Å². The molecule has 28 heavy (non-hydrogen) atoms. The smallest absolute Gasteiger partial charge is 0.287 e. The van der Waals surface area contributed by atoms with Crippen LogP contribution in [0.4, 0.5) is 4.39 Å². The molecule has 2 aliphatic heterocycles. The van der Waals surface area contributed by atoms with Gasteiger partial charge in [-0.1, -0.05) is 0 Å². The quantitative estimate of drug-likeness (QED) is 0.816. The van der Waals surface area contributed by atoms with Crippen molar-refractivity contribution >= 4 is 5.91 Å². The summed E-state index contributed by atoms with van der Waals surface area (Å²) in [7, 11) is 0. The Morgan fingerprint density at radius 3 is 3.04 bits per heavy atom. The first-order chi connectivity index (χ1) is 13.5. The molecule has 8 heteroatoms. The molecule has 0 radical (unpaired) electrons. The Balaban J connectivity index is 1.37. The van der Waals surface area contributed by atoms with E-state index in [9.17, 15) is 9.18 Å². The minimum atomic E-state index is -1.23. The highest BCUT2D eigenvalue weighted by molar-refractivity contribution is 5.95. The monoisotopic (exact) mass is 388 g/mol. The zero-order valence-electron chi connectivity index (χ0n) is 16.0. The molecule has 2 aromatic heterocycles. The van der Waals surface area contributed by atoms with Gasteiger partial charge in [0.05, 0.1) is 18.3 Å². The Labute approximate surface area is 162 Å². The summed E-state index contributed by atoms with van der Waals surface area (Å²) >= 11 is 0. The van der Waals surface area contributed by atoms with E-state index in [0.717, 1.165) is 60.4 Å². The van der Waals surface area contributed by atoms with Gasteiger partial charge in [-0.25, -0.2) is 4.39 Å². The number of aromatic nitrogens is 2. The fraction of sp³-hybridized carbons (Fsp3) is 0.600. The predicted octanol–water partition coefficient (Wildman–Crippen LogP) is 1.77. The second-order valence-electron chi connectivity index (χ2n) is 8.15. The van der Waals surface area contributed by atoms with Gasteiger partial charge in [-0.3, -0.25) is 9.48 Å². The highest BCUT2D eigenvalue weighted by Crippen LogP contribution is 2.38. The van der Waals surface area contributed by atoms with Crippen LogP contribution in [0.3, 0.4) is 0 Å². The van der Waals surface area contributed by atoms with Crippen molar-refractivity contribution in [2.24, 2.45) is 0 Å². The van der Waals surface area contributed by atoms with Crippen molar-refractivity contribution in [3.05, 3.63) is 28.8 Å². The number of fused-ring (bicyclic) bond motifs is 3. The van der Waals surface area contributed by atoms with Crippen molar-refractivity contribution in [3.63, 3.8) is 0 Å². The standard InChI is InChI=1S/C20H25FN4O3/c1-12-16-15(28-18(12)19(26)23-7-14-3-2-6-27-14)5-4-13-8-25(24-17(13)16)11-20(21)9-22-10-20/h8,14,22H,2-7,9-11H2,1H3,(H,23,26)/t14-/m0/s1. The lowest BCUT2D eigenvalue weighted by Gasteiger charge is -2.34. The molecule has 3 aliphatic rings. The van der Waals surface area contributed by atoms with Crippen molar-refractivity contribution in [2.45, 2.75) is 50.9 Å². The first kappa shape index (κ1) is 17.9. The van der Waals surface area contributed by atoms with E-state index in [1.807, 2.05) is 13.1 Å². The second-order valence-corrected chi connectivity index (χ2v) is 8.15.